The van der Waals surface area contributed by atoms with Crippen molar-refractivity contribution < 1.29 is 4.74 Å². The third-order valence-electron chi connectivity index (χ3n) is 3.54. The maximum atomic E-state index is 5.80. The fraction of sp³-hybridized carbons (Fsp3) is 0.500. The Morgan fingerprint density at radius 3 is 2.71 bits per heavy atom. The smallest absolute Gasteiger partial charge is 0.0733 e. The van der Waals surface area contributed by atoms with Gasteiger partial charge in [0.1, 0.15) is 0 Å². The molecule has 21 heavy (non-hydrogen) atoms. The first-order valence-corrected chi connectivity index (χ1v) is 7.83. The topological polar surface area (TPSA) is 34.1 Å². The van der Waals surface area contributed by atoms with Crippen molar-refractivity contribution in [1.82, 2.24) is 10.3 Å². The number of aromatic nitrogens is 1. The van der Waals surface area contributed by atoms with Gasteiger partial charge in [-0.05, 0) is 51.4 Å². The van der Waals surface area contributed by atoms with Crippen molar-refractivity contribution in [3.8, 4) is 0 Å². The number of nitrogens with one attached hydrogen (secondary N) is 1. The Bertz CT molecular complexity index is 580. The van der Waals surface area contributed by atoms with Crippen LogP contribution in [0.2, 0.25) is 0 Å². The van der Waals surface area contributed by atoms with Gasteiger partial charge in [-0.3, -0.25) is 4.98 Å². The van der Waals surface area contributed by atoms with Crippen LogP contribution in [0.5, 0.6) is 0 Å². The number of para-hydroxylation sites is 1. The number of hydrogen-bond acceptors (Lipinski definition) is 3. The average Bonchev–Trinajstić information content (AvgIpc) is 2.47. The first-order chi connectivity index (χ1) is 10.1. The summed E-state index contributed by atoms with van der Waals surface area (Å²) in [6, 6.07) is 10.6. The van der Waals surface area contributed by atoms with Crippen molar-refractivity contribution in [2.24, 2.45) is 0 Å². The molecular formula is C18H26N2O. The monoisotopic (exact) mass is 286 g/mol. The van der Waals surface area contributed by atoms with E-state index in [9.17, 15) is 0 Å². The molecule has 1 aromatic carbocycles. The van der Waals surface area contributed by atoms with Crippen LogP contribution in [0.3, 0.4) is 0 Å². The van der Waals surface area contributed by atoms with Gasteiger partial charge in [0, 0.05) is 5.39 Å². The molecule has 2 aromatic rings. The largest absolute Gasteiger partial charge is 0.377 e. The van der Waals surface area contributed by atoms with Crippen LogP contribution in [0.1, 0.15) is 44.5 Å². The van der Waals surface area contributed by atoms with Crippen molar-refractivity contribution in [2.75, 3.05) is 13.2 Å². The Labute approximate surface area is 127 Å². The van der Waals surface area contributed by atoms with Gasteiger partial charge in [-0.1, -0.05) is 25.1 Å². The molecule has 0 bridgehead atoms. The number of hydrogen-bond donors (Lipinski definition) is 1. The zero-order valence-electron chi connectivity index (χ0n) is 13.5. The predicted molar refractivity (Wildman–Crippen MR) is 88.6 cm³/mol. The van der Waals surface area contributed by atoms with E-state index in [-0.39, 0.29) is 12.1 Å². The molecule has 1 unspecified atom stereocenters. The van der Waals surface area contributed by atoms with E-state index in [0.29, 0.717) is 6.61 Å². The van der Waals surface area contributed by atoms with Crippen LogP contribution in [0.4, 0.5) is 0 Å². The van der Waals surface area contributed by atoms with Crippen molar-refractivity contribution in [3.63, 3.8) is 0 Å². The van der Waals surface area contributed by atoms with Crippen LogP contribution in [0.25, 0.3) is 10.9 Å². The molecular weight excluding hydrogens is 260 g/mol. The second-order valence-electron chi connectivity index (χ2n) is 5.77. The normalized spacial score (nSPS) is 13.0. The van der Waals surface area contributed by atoms with Crippen LogP contribution in [-0.4, -0.2) is 24.2 Å². The fourth-order valence-electron chi connectivity index (χ4n) is 2.41. The second-order valence-corrected chi connectivity index (χ2v) is 5.77. The lowest BCUT2D eigenvalue weighted by atomic mass is 10.1. The Morgan fingerprint density at radius 1 is 1.24 bits per heavy atom. The molecule has 0 aliphatic carbocycles. The number of rotatable bonds is 7. The molecule has 0 aliphatic heterocycles. The molecule has 1 aromatic heterocycles. The molecule has 0 amide bonds. The zero-order valence-corrected chi connectivity index (χ0v) is 13.5. The summed E-state index contributed by atoms with van der Waals surface area (Å²) in [6.45, 7) is 10.1. The molecule has 2 rings (SSSR count). The first kappa shape index (κ1) is 15.9. The predicted octanol–water partition coefficient (Wildman–Crippen LogP) is 4.01. The summed E-state index contributed by atoms with van der Waals surface area (Å²) in [5, 5.41) is 4.77. The van der Waals surface area contributed by atoms with Gasteiger partial charge in [0.2, 0.25) is 0 Å². The summed E-state index contributed by atoms with van der Waals surface area (Å²) in [6.07, 6.45) is 1.34. The maximum absolute atomic E-state index is 5.80. The van der Waals surface area contributed by atoms with Crippen LogP contribution in [-0.2, 0) is 4.74 Å². The van der Waals surface area contributed by atoms with Crippen molar-refractivity contribution in [3.05, 3.63) is 41.6 Å². The van der Waals surface area contributed by atoms with E-state index in [4.69, 9.17) is 9.72 Å². The van der Waals surface area contributed by atoms with Crippen molar-refractivity contribution in [2.45, 2.75) is 46.3 Å². The minimum atomic E-state index is 0.149. The van der Waals surface area contributed by atoms with E-state index in [0.717, 1.165) is 24.2 Å². The molecule has 1 N–H and O–H groups in total. The lowest BCUT2D eigenvalue weighted by Gasteiger charge is -2.20. The molecule has 0 saturated carbocycles. The SMILES string of the molecule is CCCNC(COC(C)C)c1cc(C)c2ccccc2n1. The number of aryl methyl sites for hydroxylation is 1. The molecule has 0 saturated heterocycles. The molecule has 0 spiro atoms. The second kappa shape index (κ2) is 7.53. The van der Waals surface area contributed by atoms with E-state index >= 15 is 0 Å². The molecule has 0 fully saturated rings. The summed E-state index contributed by atoms with van der Waals surface area (Å²) >= 11 is 0. The summed E-state index contributed by atoms with van der Waals surface area (Å²) in [4.78, 5) is 4.82. The molecule has 0 aliphatic rings. The molecule has 0 radical (unpaired) electrons. The zero-order chi connectivity index (χ0) is 15.2. The first-order valence-electron chi connectivity index (χ1n) is 7.83. The van der Waals surface area contributed by atoms with Gasteiger partial charge >= 0.3 is 0 Å². The number of ether oxygens (including phenoxy) is 1. The summed E-state index contributed by atoms with van der Waals surface area (Å²) < 4.78 is 5.80. The van der Waals surface area contributed by atoms with Gasteiger partial charge in [-0.2, -0.15) is 0 Å². The third-order valence-corrected chi connectivity index (χ3v) is 3.54. The Kier molecular flexibility index (Phi) is 5.71. The minimum Gasteiger partial charge on any atom is -0.377 e. The Morgan fingerprint density at radius 2 is 2.00 bits per heavy atom. The molecule has 3 heteroatoms. The highest BCUT2D eigenvalue weighted by Gasteiger charge is 2.15. The van der Waals surface area contributed by atoms with Gasteiger partial charge in [0.25, 0.3) is 0 Å². The number of fused-ring (bicyclic) bond motifs is 1. The third kappa shape index (κ3) is 4.26. The Balaban J connectivity index is 2.29. The standard InChI is InChI=1S/C18H26N2O/c1-5-10-19-18(12-21-13(2)3)17-11-14(4)15-8-6-7-9-16(15)20-17/h6-9,11,13,18-19H,5,10,12H2,1-4H3. The highest BCUT2D eigenvalue weighted by molar-refractivity contribution is 5.82. The van der Waals surface area contributed by atoms with Gasteiger partial charge in [-0.15, -0.1) is 0 Å². The number of benzene rings is 1. The number of pyridine rings is 1. The molecule has 1 heterocycles. The number of nitrogens with zero attached hydrogens (tertiary/aromatic N) is 1. The summed E-state index contributed by atoms with van der Waals surface area (Å²) in [5.74, 6) is 0. The summed E-state index contributed by atoms with van der Waals surface area (Å²) in [5.41, 5.74) is 3.39. The van der Waals surface area contributed by atoms with Gasteiger partial charge in [-0.25, -0.2) is 0 Å². The highest BCUT2D eigenvalue weighted by Crippen LogP contribution is 2.21. The van der Waals surface area contributed by atoms with E-state index in [1.807, 2.05) is 6.07 Å². The molecule has 114 valence electrons. The van der Waals surface area contributed by atoms with Crippen molar-refractivity contribution in [1.29, 1.82) is 0 Å². The highest BCUT2D eigenvalue weighted by atomic mass is 16.5. The minimum absolute atomic E-state index is 0.149. The van der Waals surface area contributed by atoms with Crippen LogP contribution in [0, 0.1) is 6.92 Å². The van der Waals surface area contributed by atoms with E-state index < -0.39 is 0 Å². The van der Waals surface area contributed by atoms with Crippen molar-refractivity contribution >= 4 is 10.9 Å². The van der Waals surface area contributed by atoms with Crippen LogP contribution < -0.4 is 5.32 Å². The van der Waals surface area contributed by atoms with Gasteiger partial charge in [0.15, 0.2) is 0 Å². The average molecular weight is 286 g/mol. The van der Waals surface area contributed by atoms with Gasteiger partial charge < -0.3 is 10.1 Å². The van der Waals surface area contributed by atoms with Crippen LogP contribution in [0.15, 0.2) is 30.3 Å². The van der Waals surface area contributed by atoms with E-state index in [1.54, 1.807) is 0 Å². The van der Waals surface area contributed by atoms with Gasteiger partial charge in [0.05, 0.1) is 30.0 Å². The summed E-state index contributed by atoms with van der Waals surface area (Å²) in [7, 11) is 0. The molecule has 3 nitrogen and oxygen atoms in total. The molecule has 1 atom stereocenters. The van der Waals surface area contributed by atoms with E-state index in [1.165, 1.54) is 10.9 Å². The van der Waals surface area contributed by atoms with Crippen LogP contribution >= 0.6 is 0 Å². The lowest BCUT2D eigenvalue weighted by Crippen LogP contribution is -2.28. The Hall–Kier alpha value is -1.45. The lowest BCUT2D eigenvalue weighted by molar-refractivity contribution is 0.0604. The van der Waals surface area contributed by atoms with E-state index in [2.05, 4.69) is 57.3 Å². The quantitative estimate of drug-likeness (QED) is 0.835. The fourth-order valence-corrected chi connectivity index (χ4v) is 2.41. The maximum Gasteiger partial charge on any atom is 0.0733 e.